The van der Waals surface area contributed by atoms with Gasteiger partial charge in [0, 0.05) is 0 Å². The van der Waals surface area contributed by atoms with E-state index in [1.54, 1.807) is 0 Å². The Morgan fingerprint density at radius 2 is 2.33 bits per heavy atom. The van der Waals surface area contributed by atoms with Crippen molar-refractivity contribution in [2.45, 2.75) is 18.7 Å². The summed E-state index contributed by atoms with van der Waals surface area (Å²) in [5, 5.41) is 1.01. The standard InChI is InChI=1S/C3H7OSe.Na/c1-2-3-5-4;/h2-3H2,1H3;/q+1;-1. The Hall–Kier alpha value is 1.32. The van der Waals surface area contributed by atoms with E-state index in [0.717, 1.165) is 37.1 Å². The van der Waals surface area contributed by atoms with Gasteiger partial charge >= 0.3 is 57.3 Å². The molecule has 1 unspecified atom stereocenters. The maximum atomic E-state index is 10.3. The van der Waals surface area contributed by atoms with Crippen LogP contribution in [-0.4, -0.2) is 34.8 Å². The monoisotopic (exact) mass is 162 g/mol. The van der Waals surface area contributed by atoms with Gasteiger partial charge in [0.15, 0.2) is 0 Å². The molecule has 0 aromatic carbocycles. The van der Waals surface area contributed by atoms with Gasteiger partial charge < -0.3 is 0 Å². The van der Waals surface area contributed by atoms with Crippen LogP contribution in [0.2, 0.25) is 5.32 Å². The van der Waals surface area contributed by atoms with Crippen molar-refractivity contribution in [1.82, 2.24) is 0 Å². The van der Waals surface area contributed by atoms with Crippen LogP contribution < -0.4 is 0 Å². The van der Waals surface area contributed by atoms with Gasteiger partial charge in [0.05, 0.1) is 0 Å². The maximum absolute atomic E-state index is 10.3. The molecule has 0 N–H and O–H groups in total. The first kappa shape index (κ1) is 7.32. The molecule has 1 atom stereocenters. The molecule has 0 aromatic rings. The third-order valence-electron chi connectivity index (χ3n) is 0.492. The van der Waals surface area contributed by atoms with E-state index in [1.807, 2.05) is 0 Å². The third-order valence-corrected chi connectivity index (χ3v) is 4.68. The van der Waals surface area contributed by atoms with Gasteiger partial charge in [0.2, 0.25) is 0 Å². The molecule has 0 aliphatic heterocycles. The van der Waals surface area contributed by atoms with Gasteiger partial charge in [0.1, 0.15) is 0 Å². The fourth-order valence-electron chi connectivity index (χ4n) is 0.287. The van der Waals surface area contributed by atoms with Gasteiger partial charge in [-0.15, -0.1) is 0 Å². The molecule has 0 saturated carbocycles. The molecule has 1 nitrogen and oxygen atoms in total. The molecular formula is C3H7NaOSe. The van der Waals surface area contributed by atoms with Crippen molar-refractivity contribution in [2.24, 2.45) is 0 Å². The zero-order valence-electron chi connectivity index (χ0n) is 4.23. The van der Waals surface area contributed by atoms with Gasteiger partial charge in [-0.1, -0.05) is 0 Å². The number of rotatable bonds is 2. The van der Waals surface area contributed by atoms with E-state index in [4.69, 9.17) is 0 Å². The summed E-state index contributed by atoms with van der Waals surface area (Å²) >= 11 is 0.948. The van der Waals surface area contributed by atoms with Gasteiger partial charge in [-0.3, -0.25) is 0 Å². The van der Waals surface area contributed by atoms with E-state index < -0.39 is 9.39 Å². The molecule has 0 fully saturated rings. The first-order chi connectivity index (χ1) is 2.77. The zero-order valence-corrected chi connectivity index (χ0v) is 7.94. The quantitative estimate of drug-likeness (QED) is 0.538. The molecule has 6 heavy (non-hydrogen) atoms. The average molecular weight is 161 g/mol. The zero-order chi connectivity index (χ0) is 4.99. The van der Waals surface area contributed by atoms with E-state index in [2.05, 4.69) is 6.92 Å². The Morgan fingerprint density at radius 3 is 2.33 bits per heavy atom. The van der Waals surface area contributed by atoms with Crippen LogP contribution in [0, 0.1) is 0 Å². The minimum absolute atomic E-state index is 0.948. The summed E-state index contributed by atoms with van der Waals surface area (Å²) < 4.78 is 10.3. The second-order valence-corrected chi connectivity index (χ2v) is 9.27. The molecule has 0 saturated heterocycles. The van der Waals surface area contributed by atoms with Crippen LogP contribution in [0.5, 0.6) is 0 Å². The van der Waals surface area contributed by atoms with Crippen molar-refractivity contribution in [3.05, 3.63) is 0 Å². The number of hydrogen-bond acceptors (Lipinski definition) is 1. The molecule has 0 amide bonds. The molecule has 0 spiro atoms. The molecule has 3 heteroatoms. The molecule has 0 bridgehead atoms. The molecule has 0 heterocycles. The summed E-state index contributed by atoms with van der Waals surface area (Å²) in [5.41, 5.74) is 0. The molecule has 0 radical (unpaired) electrons. The van der Waals surface area contributed by atoms with Crippen LogP contribution in [0.4, 0.5) is 0 Å². The fourth-order valence-corrected chi connectivity index (χ4v) is 3.61. The van der Waals surface area contributed by atoms with Crippen LogP contribution in [0.15, 0.2) is 0 Å². The van der Waals surface area contributed by atoms with E-state index in [0.29, 0.717) is 0 Å². The van der Waals surface area contributed by atoms with Crippen molar-refractivity contribution in [1.29, 1.82) is 0 Å². The Kier molecular flexibility index (Phi) is 5.46. The first-order valence-electron chi connectivity index (χ1n) is 2.07. The van der Waals surface area contributed by atoms with E-state index in [1.165, 1.54) is 0 Å². The Morgan fingerprint density at radius 1 is 1.83 bits per heavy atom. The van der Waals surface area contributed by atoms with Crippen LogP contribution >= 0.6 is 0 Å². The normalized spacial score (nSPS) is 14.5. The molecule has 0 aliphatic carbocycles. The number of hydrogen-bond donors (Lipinski definition) is 0. The van der Waals surface area contributed by atoms with E-state index in [9.17, 15) is 3.83 Å². The fraction of sp³-hybridized carbons (Fsp3) is 1.00. The Labute approximate surface area is 56.9 Å². The van der Waals surface area contributed by atoms with Crippen LogP contribution in [0.3, 0.4) is 0 Å². The van der Waals surface area contributed by atoms with Crippen LogP contribution in [0.25, 0.3) is 0 Å². The predicted molar refractivity (Wildman–Crippen MR) is 27.3 cm³/mol. The van der Waals surface area contributed by atoms with E-state index >= 15 is 0 Å². The predicted octanol–water partition coefficient (Wildman–Crippen LogP) is 0.484. The summed E-state index contributed by atoms with van der Waals surface area (Å²) in [6.07, 6.45) is 1.11. The van der Waals surface area contributed by atoms with Crippen molar-refractivity contribution < 1.29 is 3.83 Å². The molecule has 0 aliphatic rings. The average Bonchev–Trinajstić information content (AvgIpc) is 1.35. The van der Waals surface area contributed by atoms with E-state index in [-0.39, 0.29) is 0 Å². The van der Waals surface area contributed by atoms with Gasteiger partial charge in [0.25, 0.3) is 0 Å². The SMILES string of the molecule is CCC[Se](=O)[Na]. The second kappa shape index (κ2) is 4.48. The van der Waals surface area contributed by atoms with Gasteiger partial charge in [-0.2, -0.15) is 0 Å². The summed E-state index contributed by atoms with van der Waals surface area (Å²) in [6, 6.07) is 0. The Balaban J connectivity index is 2.83. The van der Waals surface area contributed by atoms with Crippen molar-refractivity contribution in [3.63, 3.8) is 0 Å². The topological polar surface area (TPSA) is 17.1 Å². The molecule has 0 rings (SSSR count). The second-order valence-electron chi connectivity index (χ2n) is 1.28. The molecular weight excluding hydrogens is 154 g/mol. The van der Waals surface area contributed by atoms with Gasteiger partial charge in [-0.05, 0) is 0 Å². The van der Waals surface area contributed by atoms with Crippen molar-refractivity contribution in [3.8, 4) is 0 Å². The molecule has 0 aromatic heterocycles. The minimum atomic E-state index is -1.17. The third kappa shape index (κ3) is 5.32. The van der Waals surface area contributed by atoms with Gasteiger partial charge in [-0.25, -0.2) is 0 Å². The van der Waals surface area contributed by atoms with Crippen molar-refractivity contribution >= 4 is 34.8 Å². The first-order valence-corrected chi connectivity index (χ1v) is 9.94. The summed E-state index contributed by atoms with van der Waals surface area (Å²) in [5.74, 6) is 0. The Bertz CT molecular complexity index is 54.8. The summed E-state index contributed by atoms with van der Waals surface area (Å²) in [7, 11) is -1.17. The van der Waals surface area contributed by atoms with Crippen molar-refractivity contribution in [2.75, 3.05) is 0 Å². The van der Waals surface area contributed by atoms with Crippen LogP contribution in [0.1, 0.15) is 13.3 Å². The summed E-state index contributed by atoms with van der Waals surface area (Å²) in [6.45, 7) is 2.08. The van der Waals surface area contributed by atoms with Crippen LogP contribution in [-0.2, 0) is 3.83 Å². The summed E-state index contributed by atoms with van der Waals surface area (Å²) in [4.78, 5) is 0. The molecule has 32 valence electrons.